The molecule has 3 rings (SSSR count). The van der Waals surface area contributed by atoms with Gasteiger partial charge in [-0.2, -0.15) is 17.0 Å². The number of halogens is 1. The van der Waals surface area contributed by atoms with Gasteiger partial charge in [-0.05, 0) is 37.5 Å². The molecule has 2 saturated heterocycles. The molecule has 2 fully saturated rings. The van der Waals surface area contributed by atoms with Crippen LogP contribution in [0.1, 0.15) is 18.4 Å². The second-order valence-electron chi connectivity index (χ2n) is 7.73. The minimum atomic E-state index is -3.48. The van der Waals surface area contributed by atoms with E-state index in [2.05, 4.69) is 11.8 Å². The highest BCUT2D eigenvalue weighted by Crippen LogP contribution is 2.27. The van der Waals surface area contributed by atoms with E-state index in [9.17, 15) is 13.2 Å². The van der Waals surface area contributed by atoms with Gasteiger partial charge in [-0.3, -0.25) is 4.79 Å². The average molecular weight is 429 g/mol. The lowest BCUT2D eigenvalue weighted by Gasteiger charge is -2.40. The number of carbonyl (C=O) groups is 1. The van der Waals surface area contributed by atoms with Crippen LogP contribution in [-0.2, 0) is 15.0 Å². The molecule has 0 saturated carbocycles. The summed E-state index contributed by atoms with van der Waals surface area (Å²) in [6.45, 7) is 5.59. The number of amides is 1. The molecule has 0 aliphatic carbocycles. The molecule has 1 unspecified atom stereocenters. The van der Waals surface area contributed by atoms with Crippen LogP contribution in [0, 0.1) is 12.8 Å². The number of aryl methyl sites for hydroxylation is 1. The van der Waals surface area contributed by atoms with Crippen molar-refractivity contribution in [3.8, 4) is 0 Å². The largest absolute Gasteiger partial charge is 0.368 e. The van der Waals surface area contributed by atoms with Gasteiger partial charge in [-0.1, -0.05) is 17.7 Å². The molecule has 0 radical (unpaired) electrons. The molecule has 1 atom stereocenters. The minimum Gasteiger partial charge on any atom is -0.368 e. The lowest BCUT2D eigenvalue weighted by Crippen LogP contribution is -2.54. The van der Waals surface area contributed by atoms with Crippen LogP contribution in [0.2, 0.25) is 5.02 Å². The van der Waals surface area contributed by atoms with Crippen LogP contribution in [0.15, 0.2) is 18.2 Å². The van der Waals surface area contributed by atoms with Crippen molar-refractivity contribution < 1.29 is 13.2 Å². The predicted molar refractivity (Wildman–Crippen MR) is 112 cm³/mol. The summed E-state index contributed by atoms with van der Waals surface area (Å²) in [5.41, 5.74) is 2.28. The van der Waals surface area contributed by atoms with Gasteiger partial charge in [0.25, 0.3) is 10.2 Å². The Balaban J connectivity index is 1.61. The van der Waals surface area contributed by atoms with Gasteiger partial charge in [0, 0.05) is 64.1 Å². The number of anilines is 1. The fourth-order valence-electron chi connectivity index (χ4n) is 3.93. The van der Waals surface area contributed by atoms with Gasteiger partial charge in [0.15, 0.2) is 0 Å². The zero-order chi connectivity index (χ0) is 20.5. The molecule has 0 spiro atoms. The van der Waals surface area contributed by atoms with E-state index < -0.39 is 10.2 Å². The number of nitrogens with zero attached hydrogens (tertiary/aromatic N) is 4. The molecule has 1 aromatic rings. The van der Waals surface area contributed by atoms with Crippen LogP contribution in [0.25, 0.3) is 0 Å². The molecular formula is C19H29ClN4O3S. The Morgan fingerprint density at radius 3 is 2.46 bits per heavy atom. The lowest BCUT2D eigenvalue weighted by atomic mass is 9.97. The maximum absolute atomic E-state index is 13.0. The van der Waals surface area contributed by atoms with Crippen LogP contribution in [0.5, 0.6) is 0 Å². The molecule has 0 bridgehead atoms. The van der Waals surface area contributed by atoms with Crippen LogP contribution in [0.4, 0.5) is 5.69 Å². The Hall–Kier alpha value is -1.35. The first-order valence-electron chi connectivity index (χ1n) is 9.67. The number of hydrogen-bond donors (Lipinski definition) is 0. The smallest absolute Gasteiger partial charge is 0.281 e. The van der Waals surface area contributed by atoms with Crippen molar-refractivity contribution in [3.05, 3.63) is 28.8 Å². The summed E-state index contributed by atoms with van der Waals surface area (Å²) in [5, 5.41) is 0.712. The third kappa shape index (κ3) is 4.45. The van der Waals surface area contributed by atoms with Crippen molar-refractivity contribution in [3.63, 3.8) is 0 Å². The number of piperazine rings is 1. The van der Waals surface area contributed by atoms with Crippen molar-refractivity contribution in [2.75, 3.05) is 58.3 Å². The third-order valence-electron chi connectivity index (χ3n) is 5.62. The van der Waals surface area contributed by atoms with Gasteiger partial charge in [0.05, 0.1) is 5.92 Å². The average Bonchev–Trinajstić information content (AvgIpc) is 2.69. The molecule has 9 heteroatoms. The number of piperidine rings is 1. The molecule has 156 valence electrons. The van der Waals surface area contributed by atoms with E-state index in [1.54, 1.807) is 0 Å². The molecular weight excluding hydrogens is 400 g/mol. The zero-order valence-electron chi connectivity index (χ0n) is 16.8. The predicted octanol–water partition coefficient (Wildman–Crippen LogP) is 1.82. The summed E-state index contributed by atoms with van der Waals surface area (Å²) in [4.78, 5) is 17.2. The fourth-order valence-corrected chi connectivity index (χ4v) is 5.29. The van der Waals surface area contributed by atoms with Crippen LogP contribution >= 0.6 is 11.6 Å². The first-order valence-corrected chi connectivity index (χ1v) is 11.4. The number of carbonyl (C=O) groups excluding carboxylic acids is 1. The van der Waals surface area contributed by atoms with Gasteiger partial charge in [0.2, 0.25) is 5.91 Å². The van der Waals surface area contributed by atoms with Gasteiger partial charge in [-0.25, -0.2) is 0 Å². The van der Waals surface area contributed by atoms with Gasteiger partial charge in [-0.15, -0.1) is 0 Å². The molecule has 0 aromatic heterocycles. The van der Waals surface area contributed by atoms with E-state index in [-0.39, 0.29) is 18.4 Å². The zero-order valence-corrected chi connectivity index (χ0v) is 18.3. The van der Waals surface area contributed by atoms with Crippen molar-refractivity contribution >= 4 is 33.4 Å². The number of rotatable bonds is 4. The number of benzene rings is 1. The molecule has 0 N–H and O–H groups in total. The highest BCUT2D eigenvalue weighted by atomic mass is 35.5. The van der Waals surface area contributed by atoms with E-state index >= 15 is 0 Å². The second-order valence-corrected chi connectivity index (χ2v) is 10.3. The van der Waals surface area contributed by atoms with E-state index in [1.165, 1.54) is 28.3 Å². The van der Waals surface area contributed by atoms with Crippen LogP contribution < -0.4 is 4.90 Å². The van der Waals surface area contributed by atoms with Crippen LogP contribution in [-0.4, -0.2) is 81.2 Å². The standard InChI is InChI=1S/C19H29ClN4O3S/c1-15-6-7-17(20)13-18(15)22-9-11-23(12-10-22)19(25)16-5-4-8-24(14-16)28(26,27)21(2)3/h6-7,13,16H,4-5,8-12,14H2,1-3H3. The van der Waals surface area contributed by atoms with Crippen molar-refractivity contribution in [2.24, 2.45) is 5.92 Å². The van der Waals surface area contributed by atoms with E-state index in [4.69, 9.17) is 11.6 Å². The maximum atomic E-state index is 13.0. The molecule has 1 aromatic carbocycles. The third-order valence-corrected chi connectivity index (χ3v) is 7.77. The lowest BCUT2D eigenvalue weighted by molar-refractivity contribution is -0.137. The highest BCUT2D eigenvalue weighted by Gasteiger charge is 2.36. The topological polar surface area (TPSA) is 64.2 Å². The fraction of sp³-hybridized carbons (Fsp3) is 0.632. The molecule has 2 aliphatic heterocycles. The van der Waals surface area contributed by atoms with E-state index in [0.717, 1.165) is 25.2 Å². The summed E-state index contributed by atoms with van der Waals surface area (Å²) in [6, 6.07) is 5.87. The first-order chi connectivity index (χ1) is 13.2. The monoisotopic (exact) mass is 428 g/mol. The quantitative estimate of drug-likeness (QED) is 0.733. The second kappa shape index (κ2) is 8.57. The first kappa shape index (κ1) is 21.4. The summed E-state index contributed by atoms with van der Waals surface area (Å²) < 4.78 is 27.4. The Bertz CT molecular complexity index is 822. The normalized spacial score (nSPS) is 22.0. The van der Waals surface area contributed by atoms with Gasteiger partial charge < -0.3 is 9.80 Å². The Labute approximate surface area is 173 Å². The summed E-state index contributed by atoms with van der Waals surface area (Å²) >= 11 is 6.14. The molecule has 7 nitrogen and oxygen atoms in total. The SMILES string of the molecule is Cc1ccc(Cl)cc1N1CCN(C(=O)C2CCCN(S(=O)(=O)N(C)C)C2)CC1. The van der Waals surface area contributed by atoms with E-state index in [1.807, 2.05) is 23.1 Å². The van der Waals surface area contributed by atoms with Crippen molar-refractivity contribution in [1.82, 2.24) is 13.5 Å². The maximum Gasteiger partial charge on any atom is 0.281 e. The van der Waals surface area contributed by atoms with Gasteiger partial charge >= 0.3 is 0 Å². The van der Waals surface area contributed by atoms with Crippen LogP contribution in [0.3, 0.4) is 0 Å². The Morgan fingerprint density at radius 2 is 1.82 bits per heavy atom. The minimum absolute atomic E-state index is 0.0705. The Kier molecular flexibility index (Phi) is 6.54. The Morgan fingerprint density at radius 1 is 1.14 bits per heavy atom. The molecule has 1 amide bonds. The molecule has 2 aliphatic rings. The molecule has 28 heavy (non-hydrogen) atoms. The van der Waals surface area contributed by atoms with Gasteiger partial charge in [0.1, 0.15) is 0 Å². The summed E-state index contributed by atoms with van der Waals surface area (Å²) in [7, 11) is -0.424. The van der Waals surface area contributed by atoms with Crippen molar-refractivity contribution in [1.29, 1.82) is 0 Å². The van der Waals surface area contributed by atoms with E-state index in [0.29, 0.717) is 31.1 Å². The summed E-state index contributed by atoms with van der Waals surface area (Å²) in [6.07, 6.45) is 1.46. The molecule has 2 heterocycles. The van der Waals surface area contributed by atoms with Crippen molar-refractivity contribution in [2.45, 2.75) is 19.8 Å². The summed E-state index contributed by atoms with van der Waals surface area (Å²) in [5.74, 6) is -0.191. The highest BCUT2D eigenvalue weighted by molar-refractivity contribution is 7.86. The number of hydrogen-bond acceptors (Lipinski definition) is 4.